The number of aryl methyl sites for hydroxylation is 1. The van der Waals surface area contributed by atoms with E-state index in [2.05, 4.69) is 57.3 Å². The van der Waals surface area contributed by atoms with Gasteiger partial charge in [0.25, 0.3) is 11.8 Å². The van der Waals surface area contributed by atoms with E-state index >= 15 is 0 Å². The van der Waals surface area contributed by atoms with Crippen LogP contribution in [0.4, 0.5) is 5.13 Å². The number of carbonyl (C=O) groups excluding carboxylic acids is 3. The fourth-order valence-electron chi connectivity index (χ4n) is 8.26. The average molecular weight is 907 g/mol. The van der Waals surface area contributed by atoms with Crippen LogP contribution in [0.15, 0.2) is 154 Å². The summed E-state index contributed by atoms with van der Waals surface area (Å²) >= 11 is 2.75. The first-order chi connectivity index (χ1) is 31.8. The number of hydrogen-bond acceptors (Lipinski definition) is 13. The second kappa shape index (κ2) is 19.4. The highest BCUT2D eigenvalue weighted by atomic mass is 32.2. The SMILES string of the molecule is COc1ccc(COC(=O)C2=C(/C=C\c3cc(C)no3)CS[C@@H]3[C@H](NC(=O)/C(=N\OC4CCCC4)c4csc(NC(c5ccccc5)(c5ccccc5)c5ccccc5)n4)C(=O)N23)cc1. The molecule has 2 atom stereocenters. The normalized spacial score (nSPS) is 17.7. The number of aromatic nitrogens is 2. The number of nitrogens with zero attached hydrogens (tertiary/aromatic N) is 4. The largest absolute Gasteiger partial charge is 0.497 e. The van der Waals surface area contributed by atoms with E-state index in [1.54, 1.807) is 55.0 Å². The summed E-state index contributed by atoms with van der Waals surface area (Å²) < 4.78 is 16.4. The number of thiazole rings is 1. The van der Waals surface area contributed by atoms with Crippen LogP contribution in [-0.2, 0) is 36.1 Å². The Kier molecular flexibility index (Phi) is 12.9. The third kappa shape index (κ3) is 9.20. The third-order valence-electron chi connectivity index (χ3n) is 11.6. The van der Waals surface area contributed by atoms with Gasteiger partial charge in [0.05, 0.1) is 12.8 Å². The topological polar surface area (TPSA) is 157 Å². The van der Waals surface area contributed by atoms with Crippen LogP contribution in [0, 0.1) is 6.92 Å². The fourth-order valence-corrected chi connectivity index (χ4v) is 10.3. The number of oxime groups is 1. The number of allylic oxidation sites excluding steroid dienone is 1. The van der Waals surface area contributed by atoms with Crippen LogP contribution in [0.25, 0.3) is 6.08 Å². The summed E-state index contributed by atoms with van der Waals surface area (Å²) in [6, 6.07) is 38.4. The molecule has 13 nitrogen and oxygen atoms in total. The van der Waals surface area contributed by atoms with E-state index in [4.69, 9.17) is 23.8 Å². The van der Waals surface area contributed by atoms with E-state index in [9.17, 15) is 14.4 Å². The smallest absolute Gasteiger partial charge is 0.355 e. The molecule has 0 unspecified atom stereocenters. The number of rotatable bonds is 16. The van der Waals surface area contributed by atoms with Gasteiger partial charge in [0, 0.05) is 17.2 Å². The molecule has 15 heteroatoms. The number of amides is 2. The number of thioether (sulfide) groups is 1. The highest BCUT2D eigenvalue weighted by Gasteiger charge is 2.54. The second-order valence-electron chi connectivity index (χ2n) is 15.8. The van der Waals surface area contributed by atoms with Crippen molar-refractivity contribution in [2.24, 2.45) is 5.16 Å². The highest BCUT2D eigenvalue weighted by molar-refractivity contribution is 8.00. The fraction of sp³-hybridized carbons (Fsp3) is 0.240. The van der Waals surface area contributed by atoms with Crippen molar-refractivity contribution < 1.29 is 33.2 Å². The molecule has 0 spiro atoms. The molecule has 6 aromatic rings. The van der Waals surface area contributed by atoms with Gasteiger partial charge in [-0.25, -0.2) is 9.78 Å². The van der Waals surface area contributed by atoms with Gasteiger partial charge in [0.1, 0.15) is 46.8 Å². The van der Waals surface area contributed by atoms with Crippen LogP contribution in [0.2, 0.25) is 0 Å². The molecule has 330 valence electrons. The number of anilines is 1. The van der Waals surface area contributed by atoms with Gasteiger partial charge in [-0.15, -0.1) is 23.1 Å². The molecule has 1 saturated heterocycles. The number of nitrogens with one attached hydrogen (secondary N) is 2. The van der Waals surface area contributed by atoms with Crippen molar-refractivity contribution in [2.45, 2.75) is 62.3 Å². The van der Waals surface area contributed by atoms with Gasteiger partial charge in [-0.2, -0.15) is 0 Å². The summed E-state index contributed by atoms with van der Waals surface area (Å²) in [5.74, 6) is -0.265. The molecule has 2 aromatic heterocycles. The summed E-state index contributed by atoms with van der Waals surface area (Å²) in [6.07, 6.45) is 6.94. The van der Waals surface area contributed by atoms with Crippen LogP contribution in [0.1, 0.15) is 65.1 Å². The summed E-state index contributed by atoms with van der Waals surface area (Å²) in [5, 5.41) is 16.8. The Morgan fingerprint density at radius 1 is 0.908 bits per heavy atom. The quantitative estimate of drug-likeness (QED) is 0.0315. The third-order valence-corrected chi connectivity index (χ3v) is 13.6. The molecule has 65 heavy (non-hydrogen) atoms. The van der Waals surface area contributed by atoms with E-state index in [1.807, 2.05) is 61.5 Å². The van der Waals surface area contributed by atoms with E-state index in [-0.39, 0.29) is 29.8 Å². The Balaban J connectivity index is 0.993. The monoisotopic (exact) mass is 906 g/mol. The van der Waals surface area contributed by atoms with Crippen LogP contribution < -0.4 is 15.4 Å². The number of hydrogen-bond donors (Lipinski definition) is 2. The van der Waals surface area contributed by atoms with Crippen molar-refractivity contribution in [1.29, 1.82) is 0 Å². The maximum Gasteiger partial charge on any atom is 0.355 e. The van der Waals surface area contributed by atoms with E-state index in [0.29, 0.717) is 33.7 Å². The number of methoxy groups -OCH3 is 1. The molecule has 1 aliphatic carbocycles. The number of fused-ring (bicyclic) bond motifs is 1. The van der Waals surface area contributed by atoms with Crippen molar-refractivity contribution in [1.82, 2.24) is 20.4 Å². The maximum absolute atomic E-state index is 14.5. The van der Waals surface area contributed by atoms with Gasteiger partial charge in [-0.1, -0.05) is 120 Å². The molecule has 0 radical (unpaired) electrons. The summed E-state index contributed by atoms with van der Waals surface area (Å²) in [4.78, 5) is 55.0. The van der Waals surface area contributed by atoms with Crippen molar-refractivity contribution in [2.75, 3.05) is 18.2 Å². The zero-order chi connectivity index (χ0) is 44.8. The Morgan fingerprint density at radius 2 is 1.55 bits per heavy atom. The van der Waals surface area contributed by atoms with Crippen molar-refractivity contribution in [3.63, 3.8) is 0 Å². The molecule has 2 N–H and O–H groups in total. The molecule has 2 fully saturated rings. The molecule has 4 aromatic carbocycles. The van der Waals surface area contributed by atoms with Crippen LogP contribution in [0.3, 0.4) is 0 Å². The van der Waals surface area contributed by atoms with Gasteiger partial charge >= 0.3 is 5.97 Å². The number of benzene rings is 4. The minimum atomic E-state index is -0.978. The van der Waals surface area contributed by atoms with Crippen molar-refractivity contribution in [3.05, 3.63) is 183 Å². The molecule has 3 aliphatic rings. The predicted octanol–water partition coefficient (Wildman–Crippen LogP) is 8.63. The molecular weight excluding hydrogens is 861 g/mol. The molecule has 9 rings (SSSR count). The van der Waals surface area contributed by atoms with Crippen LogP contribution >= 0.6 is 23.1 Å². The van der Waals surface area contributed by atoms with E-state index < -0.39 is 34.7 Å². The molecular formula is C50H46N6O7S2. The number of β-lactam (4-membered cyclic amide) rings is 1. The van der Waals surface area contributed by atoms with Crippen molar-refractivity contribution in [3.8, 4) is 5.75 Å². The zero-order valence-corrected chi connectivity index (χ0v) is 37.3. The lowest BCUT2D eigenvalue weighted by Gasteiger charge is -2.49. The lowest BCUT2D eigenvalue weighted by Crippen LogP contribution is -2.71. The van der Waals surface area contributed by atoms with E-state index in [0.717, 1.165) is 47.9 Å². The summed E-state index contributed by atoms with van der Waals surface area (Å²) in [5.41, 5.74) is 4.45. The lowest BCUT2D eigenvalue weighted by molar-refractivity contribution is -0.153. The van der Waals surface area contributed by atoms with Gasteiger partial charge < -0.3 is 29.5 Å². The van der Waals surface area contributed by atoms with Crippen LogP contribution in [0.5, 0.6) is 5.75 Å². The highest BCUT2D eigenvalue weighted by Crippen LogP contribution is 2.43. The Hall–Kier alpha value is -6.97. The van der Waals surface area contributed by atoms with Crippen LogP contribution in [-0.4, -0.2) is 68.9 Å². The van der Waals surface area contributed by atoms with E-state index in [1.165, 1.54) is 28.0 Å². The lowest BCUT2D eigenvalue weighted by atomic mass is 9.77. The minimum Gasteiger partial charge on any atom is -0.497 e. The minimum absolute atomic E-state index is 0.0287. The first kappa shape index (κ1) is 43.3. The first-order valence-corrected chi connectivity index (χ1v) is 23.3. The number of esters is 1. The molecule has 0 bridgehead atoms. The first-order valence-electron chi connectivity index (χ1n) is 21.4. The molecule has 2 aliphatic heterocycles. The molecule has 4 heterocycles. The van der Waals surface area contributed by atoms with Crippen molar-refractivity contribution >= 4 is 57.8 Å². The summed E-state index contributed by atoms with van der Waals surface area (Å²) in [6.45, 7) is 1.78. The van der Waals surface area contributed by atoms with Gasteiger partial charge in [-0.3, -0.25) is 14.5 Å². The second-order valence-corrected chi connectivity index (χ2v) is 17.8. The number of ether oxygens (including phenoxy) is 2. The molecule has 1 saturated carbocycles. The van der Waals surface area contributed by atoms with Gasteiger partial charge in [-0.05, 0) is 78.6 Å². The maximum atomic E-state index is 14.5. The number of carbonyl (C=O) groups is 3. The predicted molar refractivity (Wildman–Crippen MR) is 250 cm³/mol. The van der Waals surface area contributed by atoms with Gasteiger partial charge in [0.2, 0.25) is 0 Å². The Bertz CT molecular complexity index is 2640. The standard InChI is InChI=1S/C50H46N6O7S2/c1-32-28-40(63-54-32)27-24-34-30-64-47-43(46(58)56(47)44(34)48(59)61-29-33-22-25-38(60-2)26-23-33)52-45(57)42(55-62-39-20-12-13-21-39)41-31-65-49(51-41)53-50(35-14-6-3-7-15-35,36-16-8-4-9-17-36)37-18-10-5-11-19-37/h3-11,14-19,22-28,31,39,43,47H,12-13,20-21,29-30H2,1-2H3,(H,51,53)(H,52,57)/b27-24-,55-42-/t43-,47-/m1/s1. The Labute approximate surface area is 384 Å². The zero-order valence-electron chi connectivity index (χ0n) is 35.7. The molecule has 2 amide bonds. The Morgan fingerprint density at radius 3 is 2.15 bits per heavy atom. The average Bonchev–Trinajstić information content (AvgIpc) is 4.15. The van der Waals surface area contributed by atoms with Gasteiger partial charge in [0.15, 0.2) is 16.6 Å². The summed E-state index contributed by atoms with van der Waals surface area (Å²) in [7, 11) is 1.58.